The number of carbonyl (C=O) groups excluding carboxylic acids is 2. The van der Waals surface area contributed by atoms with Gasteiger partial charge in [0.2, 0.25) is 0 Å². The molecule has 5 heteroatoms. The van der Waals surface area contributed by atoms with Crippen LogP contribution in [0.5, 0.6) is 0 Å². The molecule has 0 aromatic heterocycles. The molecule has 1 aliphatic heterocycles. The second kappa shape index (κ2) is 5.63. The lowest BCUT2D eigenvalue weighted by Crippen LogP contribution is -2.24. The Labute approximate surface area is 100 Å². The minimum atomic E-state index is -0.394. The van der Waals surface area contributed by atoms with Gasteiger partial charge in [-0.3, -0.25) is 0 Å². The van der Waals surface area contributed by atoms with E-state index in [0.29, 0.717) is 0 Å². The summed E-state index contributed by atoms with van der Waals surface area (Å²) >= 11 is 0. The van der Waals surface area contributed by atoms with Crippen molar-refractivity contribution >= 4 is 11.9 Å². The fourth-order valence-corrected chi connectivity index (χ4v) is 1.29. The molecule has 0 amide bonds. The number of esters is 2. The van der Waals surface area contributed by atoms with E-state index < -0.39 is 5.97 Å². The maximum Gasteiger partial charge on any atom is 0.330 e. The first-order chi connectivity index (χ1) is 8.07. The van der Waals surface area contributed by atoms with Crippen LogP contribution in [0.25, 0.3) is 0 Å². The summed E-state index contributed by atoms with van der Waals surface area (Å²) < 4.78 is 14.4. The number of rotatable bonds is 4. The highest BCUT2D eigenvalue weighted by atomic mass is 16.6. The van der Waals surface area contributed by atoms with Gasteiger partial charge in [0.05, 0.1) is 13.7 Å². The van der Waals surface area contributed by atoms with E-state index in [-0.39, 0.29) is 17.7 Å². The van der Waals surface area contributed by atoms with Gasteiger partial charge in [-0.25, -0.2) is 9.59 Å². The van der Waals surface area contributed by atoms with Crippen LogP contribution in [-0.2, 0) is 23.8 Å². The molecule has 0 bridgehead atoms. The van der Waals surface area contributed by atoms with Crippen molar-refractivity contribution in [3.63, 3.8) is 0 Å². The quantitative estimate of drug-likeness (QED) is 0.416. The van der Waals surface area contributed by atoms with Crippen molar-refractivity contribution in [1.29, 1.82) is 0 Å². The SMILES string of the molecule is C=CC(=O)OC.C=CC(=O)OC1(C2CO2)CC1. The lowest BCUT2D eigenvalue weighted by molar-refractivity contribution is -0.146. The standard InChI is InChI=1S/C8H10O3.C4H6O2/c1-2-7(9)11-8(3-4-8)6-5-10-6;1-3-4(5)6-2/h2,6H,1,3-5H2;3H,1H2,2H3. The van der Waals surface area contributed by atoms with Crippen molar-refractivity contribution in [1.82, 2.24) is 0 Å². The van der Waals surface area contributed by atoms with E-state index in [1.54, 1.807) is 0 Å². The van der Waals surface area contributed by atoms with Crippen LogP contribution < -0.4 is 0 Å². The summed E-state index contributed by atoms with van der Waals surface area (Å²) in [6, 6.07) is 0. The van der Waals surface area contributed by atoms with Crippen molar-refractivity contribution in [2.45, 2.75) is 24.5 Å². The fourth-order valence-electron chi connectivity index (χ4n) is 1.29. The lowest BCUT2D eigenvalue weighted by atomic mass is 10.2. The normalized spacial score (nSPS) is 22.3. The number of carbonyl (C=O) groups is 2. The van der Waals surface area contributed by atoms with Crippen LogP contribution in [0.15, 0.2) is 25.3 Å². The molecule has 17 heavy (non-hydrogen) atoms. The zero-order chi connectivity index (χ0) is 12.9. The molecule has 1 heterocycles. The third kappa shape index (κ3) is 4.03. The maximum atomic E-state index is 10.8. The molecular weight excluding hydrogens is 224 g/mol. The fraction of sp³-hybridized carbons (Fsp3) is 0.500. The van der Waals surface area contributed by atoms with Gasteiger partial charge in [-0.2, -0.15) is 0 Å². The van der Waals surface area contributed by atoms with Crippen LogP contribution in [-0.4, -0.2) is 37.4 Å². The Morgan fingerprint density at radius 1 is 1.29 bits per heavy atom. The lowest BCUT2D eigenvalue weighted by Gasteiger charge is -2.11. The predicted molar refractivity (Wildman–Crippen MR) is 60.2 cm³/mol. The van der Waals surface area contributed by atoms with E-state index in [2.05, 4.69) is 17.9 Å². The number of ether oxygens (including phenoxy) is 3. The van der Waals surface area contributed by atoms with Crippen LogP contribution >= 0.6 is 0 Å². The summed E-state index contributed by atoms with van der Waals surface area (Å²) in [7, 11) is 1.31. The largest absolute Gasteiger partial charge is 0.466 e. The molecule has 2 fully saturated rings. The number of methoxy groups -OCH3 is 1. The van der Waals surface area contributed by atoms with E-state index >= 15 is 0 Å². The molecule has 0 radical (unpaired) electrons. The van der Waals surface area contributed by atoms with Crippen LogP contribution in [0.2, 0.25) is 0 Å². The van der Waals surface area contributed by atoms with E-state index in [0.717, 1.165) is 25.5 Å². The topological polar surface area (TPSA) is 65.1 Å². The van der Waals surface area contributed by atoms with Gasteiger partial charge in [-0.15, -0.1) is 0 Å². The smallest absolute Gasteiger partial charge is 0.330 e. The molecule has 0 N–H and O–H groups in total. The van der Waals surface area contributed by atoms with E-state index in [4.69, 9.17) is 9.47 Å². The minimum absolute atomic E-state index is 0.173. The molecule has 1 saturated heterocycles. The zero-order valence-corrected chi connectivity index (χ0v) is 9.81. The number of hydrogen-bond acceptors (Lipinski definition) is 5. The molecule has 1 atom stereocenters. The summed E-state index contributed by atoms with van der Waals surface area (Å²) in [5.74, 6) is -0.729. The molecule has 94 valence electrons. The van der Waals surface area contributed by atoms with Crippen molar-refractivity contribution in [3.8, 4) is 0 Å². The zero-order valence-electron chi connectivity index (χ0n) is 9.81. The van der Waals surface area contributed by atoms with Crippen molar-refractivity contribution in [2.75, 3.05) is 13.7 Å². The molecule has 0 spiro atoms. The van der Waals surface area contributed by atoms with E-state index in [1.165, 1.54) is 13.2 Å². The Hall–Kier alpha value is -1.62. The Morgan fingerprint density at radius 3 is 2.06 bits per heavy atom. The Kier molecular flexibility index (Phi) is 4.45. The minimum Gasteiger partial charge on any atom is -0.466 e. The van der Waals surface area contributed by atoms with E-state index in [9.17, 15) is 9.59 Å². The van der Waals surface area contributed by atoms with Gasteiger partial charge in [0.1, 0.15) is 11.7 Å². The van der Waals surface area contributed by atoms with Crippen LogP contribution in [0.1, 0.15) is 12.8 Å². The highest BCUT2D eigenvalue weighted by Crippen LogP contribution is 2.48. The Balaban J connectivity index is 0.000000209. The Bertz CT molecular complexity index is 326. The monoisotopic (exact) mass is 240 g/mol. The van der Waals surface area contributed by atoms with Gasteiger partial charge >= 0.3 is 11.9 Å². The average Bonchev–Trinajstić information content (AvgIpc) is 3.19. The van der Waals surface area contributed by atoms with Gasteiger partial charge in [0, 0.05) is 12.2 Å². The summed E-state index contributed by atoms with van der Waals surface area (Å²) in [5, 5.41) is 0. The van der Waals surface area contributed by atoms with Gasteiger partial charge in [0.25, 0.3) is 0 Å². The molecule has 1 saturated carbocycles. The van der Waals surface area contributed by atoms with E-state index in [1.807, 2.05) is 0 Å². The molecular formula is C12H16O5. The Morgan fingerprint density at radius 2 is 1.82 bits per heavy atom. The second-order valence-corrected chi connectivity index (χ2v) is 3.74. The highest BCUT2D eigenvalue weighted by molar-refractivity contribution is 5.82. The molecule has 1 unspecified atom stereocenters. The molecule has 2 aliphatic rings. The summed E-state index contributed by atoms with van der Waals surface area (Å²) in [4.78, 5) is 20.6. The third-order valence-corrected chi connectivity index (χ3v) is 2.50. The van der Waals surface area contributed by atoms with Gasteiger partial charge < -0.3 is 14.2 Å². The first-order valence-electron chi connectivity index (χ1n) is 5.25. The van der Waals surface area contributed by atoms with Crippen LogP contribution in [0.4, 0.5) is 0 Å². The average molecular weight is 240 g/mol. The number of epoxide rings is 1. The molecule has 0 aromatic carbocycles. The van der Waals surface area contributed by atoms with Gasteiger partial charge in [-0.1, -0.05) is 13.2 Å². The first-order valence-corrected chi connectivity index (χ1v) is 5.25. The van der Waals surface area contributed by atoms with Crippen molar-refractivity contribution in [2.24, 2.45) is 0 Å². The van der Waals surface area contributed by atoms with Crippen LogP contribution in [0.3, 0.4) is 0 Å². The summed E-state index contributed by atoms with van der Waals surface area (Å²) in [6.45, 7) is 7.23. The second-order valence-electron chi connectivity index (χ2n) is 3.74. The molecule has 1 aliphatic carbocycles. The van der Waals surface area contributed by atoms with Gasteiger partial charge in [0.15, 0.2) is 0 Å². The maximum absolute atomic E-state index is 10.8. The van der Waals surface area contributed by atoms with Crippen molar-refractivity contribution in [3.05, 3.63) is 25.3 Å². The number of hydrogen-bond donors (Lipinski definition) is 0. The highest BCUT2D eigenvalue weighted by Gasteiger charge is 2.59. The first kappa shape index (κ1) is 13.4. The predicted octanol–water partition coefficient (Wildman–Crippen LogP) is 0.992. The summed E-state index contributed by atoms with van der Waals surface area (Å²) in [5.41, 5.74) is -0.259. The van der Waals surface area contributed by atoms with Gasteiger partial charge in [-0.05, 0) is 12.8 Å². The van der Waals surface area contributed by atoms with Crippen molar-refractivity contribution < 1.29 is 23.8 Å². The molecule has 5 nitrogen and oxygen atoms in total. The van der Waals surface area contributed by atoms with Crippen LogP contribution in [0, 0.1) is 0 Å². The molecule has 2 rings (SSSR count). The third-order valence-electron chi connectivity index (χ3n) is 2.50. The molecule has 0 aromatic rings. The summed E-state index contributed by atoms with van der Waals surface area (Å²) in [6.07, 6.45) is 4.36.